The van der Waals surface area contributed by atoms with E-state index in [1.165, 1.54) is 4.31 Å². The molecule has 3 rings (SSSR count). The van der Waals surface area contributed by atoms with Gasteiger partial charge in [-0.1, -0.05) is 85.0 Å². The predicted molar refractivity (Wildman–Crippen MR) is 122 cm³/mol. The molecule has 0 aliphatic heterocycles. The first-order chi connectivity index (χ1) is 13.8. The van der Waals surface area contributed by atoms with Gasteiger partial charge in [-0.25, -0.2) is 8.42 Å². The largest absolute Gasteiger partial charge is 0.264 e. The first-order valence-electron chi connectivity index (χ1n) is 9.38. The number of hydrogen-bond donors (Lipinski definition) is 0. The summed E-state index contributed by atoms with van der Waals surface area (Å²) in [6, 6.07) is 24.1. The molecule has 0 N–H and O–H groups in total. The maximum Gasteiger partial charge on any atom is 0.264 e. The van der Waals surface area contributed by atoms with E-state index < -0.39 is 10.0 Å². The van der Waals surface area contributed by atoms with E-state index in [-0.39, 0.29) is 11.4 Å². The summed E-state index contributed by atoms with van der Waals surface area (Å²) in [5, 5.41) is 0. The quantitative estimate of drug-likeness (QED) is 0.466. The zero-order valence-corrected chi connectivity index (χ0v) is 17.6. The molecule has 3 aromatic rings. The molecule has 3 aromatic carbocycles. The van der Waals surface area contributed by atoms with Gasteiger partial charge in [-0.05, 0) is 43.2 Å². The van der Waals surface area contributed by atoms with Crippen molar-refractivity contribution in [2.75, 3.05) is 10.8 Å². The van der Waals surface area contributed by atoms with Crippen LogP contribution in [0.1, 0.15) is 23.6 Å². The number of sulfonamides is 1. The van der Waals surface area contributed by atoms with Gasteiger partial charge in [0.15, 0.2) is 0 Å². The van der Waals surface area contributed by atoms with E-state index in [0.717, 1.165) is 27.8 Å². The molecule has 148 valence electrons. The summed E-state index contributed by atoms with van der Waals surface area (Å²) >= 11 is 0. The van der Waals surface area contributed by atoms with Gasteiger partial charge >= 0.3 is 0 Å². The number of aryl methyl sites for hydroxylation is 1. The third kappa shape index (κ3) is 4.49. The maximum atomic E-state index is 13.5. The lowest BCUT2D eigenvalue weighted by Gasteiger charge is -2.27. The summed E-state index contributed by atoms with van der Waals surface area (Å²) in [6.45, 7) is 12.1. The molecule has 0 aromatic heterocycles. The minimum Gasteiger partial charge on any atom is -0.262 e. The van der Waals surface area contributed by atoms with Gasteiger partial charge < -0.3 is 0 Å². The molecule has 0 heterocycles. The Morgan fingerprint density at radius 1 is 0.862 bits per heavy atom. The van der Waals surface area contributed by atoms with Gasteiger partial charge in [0.25, 0.3) is 10.0 Å². The van der Waals surface area contributed by atoms with E-state index in [0.29, 0.717) is 5.69 Å². The van der Waals surface area contributed by atoms with Gasteiger partial charge in [0.05, 0.1) is 17.1 Å². The highest BCUT2D eigenvalue weighted by atomic mass is 32.2. The summed E-state index contributed by atoms with van der Waals surface area (Å²) in [7, 11) is -3.77. The zero-order chi connectivity index (χ0) is 21.0. The van der Waals surface area contributed by atoms with Crippen molar-refractivity contribution in [2.24, 2.45) is 0 Å². The molecule has 0 bridgehead atoms. The Labute approximate surface area is 173 Å². The van der Waals surface area contributed by atoms with Gasteiger partial charge in [0, 0.05) is 5.56 Å². The van der Waals surface area contributed by atoms with Crippen LogP contribution in [0.5, 0.6) is 0 Å². The minimum absolute atomic E-state index is 0.190. The fraction of sp³-hybridized carbons (Fsp3) is 0.120. The van der Waals surface area contributed by atoms with E-state index in [1.807, 2.05) is 68.4 Å². The third-order valence-corrected chi connectivity index (χ3v) is 6.42. The van der Waals surface area contributed by atoms with Crippen LogP contribution in [0.15, 0.2) is 102 Å². The molecule has 0 aliphatic carbocycles. The van der Waals surface area contributed by atoms with E-state index in [9.17, 15) is 8.42 Å². The predicted octanol–water partition coefficient (Wildman–Crippen LogP) is 5.83. The summed E-state index contributed by atoms with van der Waals surface area (Å²) in [6.07, 6.45) is 0. The van der Waals surface area contributed by atoms with Crippen LogP contribution >= 0.6 is 0 Å². The van der Waals surface area contributed by atoms with Crippen molar-refractivity contribution in [3.05, 3.63) is 114 Å². The standard InChI is InChI=1S/C25H25NO2S/c1-19(2)18-26(29(27,28)23-16-14-20(3)15-17-23)25-13-9-8-12-24(25)21(4)22-10-6-5-7-11-22/h5-17H,1,4,18H2,2-3H3. The Morgan fingerprint density at radius 2 is 1.45 bits per heavy atom. The highest BCUT2D eigenvalue weighted by molar-refractivity contribution is 7.92. The third-order valence-electron chi connectivity index (χ3n) is 4.64. The Hall–Kier alpha value is -3.11. The van der Waals surface area contributed by atoms with E-state index >= 15 is 0 Å². The second-order valence-corrected chi connectivity index (χ2v) is 9.01. The Morgan fingerprint density at radius 3 is 2.07 bits per heavy atom. The van der Waals surface area contributed by atoms with Crippen molar-refractivity contribution in [1.29, 1.82) is 0 Å². The minimum atomic E-state index is -3.77. The van der Waals surface area contributed by atoms with Crippen LogP contribution in [-0.4, -0.2) is 15.0 Å². The van der Waals surface area contributed by atoms with Crippen LogP contribution in [-0.2, 0) is 10.0 Å². The molecule has 0 saturated heterocycles. The molecule has 4 heteroatoms. The highest BCUT2D eigenvalue weighted by Crippen LogP contribution is 2.34. The van der Waals surface area contributed by atoms with Crippen LogP contribution in [0.2, 0.25) is 0 Å². The van der Waals surface area contributed by atoms with E-state index in [4.69, 9.17) is 0 Å². The molecule has 0 amide bonds. The second-order valence-electron chi connectivity index (χ2n) is 7.14. The number of hydrogen-bond acceptors (Lipinski definition) is 2. The first-order valence-corrected chi connectivity index (χ1v) is 10.8. The fourth-order valence-corrected chi connectivity index (χ4v) is 4.67. The Balaban J connectivity index is 2.15. The number of benzene rings is 3. The van der Waals surface area contributed by atoms with Crippen molar-refractivity contribution in [2.45, 2.75) is 18.7 Å². The van der Waals surface area contributed by atoms with Gasteiger partial charge in [-0.15, -0.1) is 0 Å². The lowest BCUT2D eigenvalue weighted by atomic mass is 9.98. The van der Waals surface area contributed by atoms with E-state index in [2.05, 4.69) is 13.2 Å². The molecule has 0 saturated carbocycles. The van der Waals surface area contributed by atoms with Gasteiger partial charge in [-0.3, -0.25) is 4.31 Å². The SMILES string of the molecule is C=C(C)CN(c1ccccc1C(=C)c1ccccc1)S(=O)(=O)c1ccc(C)cc1. The van der Waals surface area contributed by atoms with Crippen molar-refractivity contribution in [1.82, 2.24) is 0 Å². The van der Waals surface area contributed by atoms with Crippen LogP contribution in [0, 0.1) is 6.92 Å². The average molecular weight is 404 g/mol. The Kier molecular flexibility index (Phi) is 6.04. The lowest BCUT2D eigenvalue weighted by Crippen LogP contribution is -2.33. The summed E-state index contributed by atoms with van der Waals surface area (Å²) in [4.78, 5) is 0.254. The first kappa shape index (κ1) is 20.6. The smallest absolute Gasteiger partial charge is 0.262 e. The van der Waals surface area contributed by atoms with Crippen molar-refractivity contribution in [3.63, 3.8) is 0 Å². The Bertz CT molecular complexity index is 1130. The normalized spacial score (nSPS) is 11.1. The number of nitrogens with zero attached hydrogens (tertiary/aromatic N) is 1. The molecule has 0 atom stereocenters. The summed E-state index contributed by atoms with van der Waals surface area (Å²) in [5.74, 6) is 0. The highest BCUT2D eigenvalue weighted by Gasteiger charge is 2.27. The zero-order valence-electron chi connectivity index (χ0n) is 16.8. The van der Waals surface area contributed by atoms with Gasteiger partial charge in [-0.2, -0.15) is 0 Å². The van der Waals surface area contributed by atoms with Crippen molar-refractivity contribution < 1.29 is 8.42 Å². The molecule has 0 spiro atoms. The molecule has 0 unspecified atom stereocenters. The van der Waals surface area contributed by atoms with Crippen LogP contribution in [0.4, 0.5) is 5.69 Å². The molecule has 3 nitrogen and oxygen atoms in total. The van der Waals surface area contributed by atoms with Crippen LogP contribution in [0.3, 0.4) is 0 Å². The topological polar surface area (TPSA) is 37.4 Å². The second kappa shape index (κ2) is 8.50. The summed E-state index contributed by atoms with van der Waals surface area (Å²) in [5.41, 5.74) is 4.84. The van der Waals surface area contributed by atoms with Crippen molar-refractivity contribution in [3.8, 4) is 0 Å². The monoisotopic (exact) mass is 403 g/mol. The molecular weight excluding hydrogens is 378 g/mol. The van der Waals surface area contributed by atoms with Crippen LogP contribution in [0.25, 0.3) is 5.57 Å². The fourth-order valence-electron chi connectivity index (χ4n) is 3.12. The van der Waals surface area contributed by atoms with Crippen molar-refractivity contribution >= 4 is 21.3 Å². The number of rotatable bonds is 7. The molecular formula is C25H25NO2S. The average Bonchev–Trinajstić information content (AvgIpc) is 2.72. The number of para-hydroxylation sites is 1. The molecule has 0 aliphatic rings. The lowest BCUT2D eigenvalue weighted by molar-refractivity contribution is 0.592. The summed E-state index contributed by atoms with van der Waals surface area (Å²) < 4.78 is 28.5. The molecule has 0 fully saturated rings. The maximum absolute atomic E-state index is 13.5. The molecule has 0 radical (unpaired) electrons. The number of anilines is 1. The molecule has 29 heavy (non-hydrogen) atoms. The van der Waals surface area contributed by atoms with Gasteiger partial charge in [0.2, 0.25) is 0 Å². The van der Waals surface area contributed by atoms with Crippen LogP contribution < -0.4 is 4.31 Å². The van der Waals surface area contributed by atoms with Gasteiger partial charge in [0.1, 0.15) is 0 Å². The van der Waals surface area contributed by atoms with E-state index in [1.54, 1.807) is 24.3 Å².